The van der Waals surface area contributed by atoms with E-state index < -0.39 is 15.9 Å². The Morgan fingerprint density at radius 2 is 1.85 bits per heavy atom. The molecule has 0 spiro atoms. The Kier molecular flexibility index (Phi) is 8.50. The lowest BCUT2D eigenvalue weighted by Crippen LogP contribution is -2.35. The molecule has 8 nitrogen and oxygen atoms in total. The van der Waals surface area contributed by atoms with Crippen LogP contribution >= 0.6 is 11.6 Å². The summed E-state index contributed by atoms with van der Waals surface area (Å²) in [6.45, 7) is 2.12. The minimum Gasteiger partial charge on any atom is -0.493 e. The number of ether oxygens (including phenoxy) is 1. The number of hydrogen-bond acceptors (Lipinski definition) is 7. The van der Waals surface area contributed by atoms with Crippen LogP contribution in [0.15, 0.2) is 76.7 Å². The van der Waals surface area contributed by atoms with Gasteiger partial charge < -0.3 is 15.9 Å². The molecule has 1 amide bonds. The molecular weight excluding hydrogens is 476 g/mol. The van der Waals surface area contributed by atoms with Gasteiger partial charge >= 0.3 is 0 Å². The lowest BCUT2D eigenvalue weighted by Gasteiger charge is -2.12. The Morgan fingerprint density at radius 1 is 1.12 bits per heavy atom. The summed E-state index contributed by atoms with van der Waals surface area (Å²) in [6.07, 6.45) is 2.28. The molecule has 3 aromatic rings. The van der Waals surface area contributed by atoms with E-state index in [1.165, 1.54) is 18.2 Å². The first-order valence-corrected chi connectivity index (χ1v) is 12.2. The predicted molar refractivity (Wildman–Crippen MR) is 134 cm³/mol. The van der Waals surface area contributed by atoms with Crippen molar-refractivity contribution in [3.63, 3.8) is 0 Å². The maximum atomic E-state index is 12.4. The SMILES string of the molecule is Cc1cc(NCC(=O)NS(=O)(=O)c2ccccc2Cl)cc(OCCc2ccc(C=NN)cc2)c1. The molecule has 178 valence electrons. The third-order valence-corrected chi connectivity index (χ3v) is 6.61. The van der Waals surface area contributed by atoms with E-state index in [4.69, 9.17) is 22.2 Å². The molecular formula is C24H25ClN4O4S. The van der Waals surface area contributed by atoms with Crippen molar-refractivity contribution in [1.82, 2.24) is 4.72 Å². The normalized spacial score (nSPS) is 11.4. The Balaban J connectivity index is 1.54. The van der Waals surface area contributed by atoms with E-state index >= 15 is 0 Å². The molecule has 3 rings (SSSR count). The number of hydrazone groups is 1. The average Bonchev–Trinajstić information content (AvgIpc) is 2.79. The zero-order valence-corrected chi connectivity index (χ0v) is 20.1. The quantitative estimate of drug-likeness (QED) is 0.222. The van der Waals surface area contributed by atoms with Crippen molar-refractivity contribution in [2.45, 2.75) is 18.2 Å². The standard InChI is InChI=1S/C24H25ClN4O4S/c1-17-12-20(27-16-24(30)29-34(31,32)23-5-3-2-4-22(23)25)14-21(13-17)33-11-10-18-6-8-19(9-7-18)15-28-26/h2-9,12-15,27H,10-11,16,26H2,1H3,(H,29,30). The number of nitrogens with zero attached hydrogens (tertiary/aromatic N) is 1. The minimum atomic E-state index is -4.06. The molecule has 0 aromatic heterocycles. The summed E-state index contributed by atoms with van der Waals surface area (Å²) in [7, 11) is -4.06. The van der Waals surface area contributed by atoms with Crippen LogP contribution in [-0.2, 0) is 21.2 Å². The van der Waals surface area contributed by atoms with Crippen molar-refractivity contribution in [3.05, 3.63) is 88.4 Å². The van der Waals surface area contributed by atoms with Crippen molar-refractivity contribution in [2.75, 3.05) is 18.5 Å². The van der Waals surface area contributed by atoms with Crippen molar-refractivity contribution in [2.24, 2.45) is 10.9 Å². The molecule has 0 radical (unpaired) electrons. The molecule has 34 heavy (non-hydrogen) atoms. The number of sulfonamides is 1. The smallest absolute Gasteiger partial charge is 0.265 e. The van der Waals surface area contributed by atoms with Gasteiger partial charge in [0.1, 0.15) is 10.6 Å². The molecule has 0 fully saturated rings. The van der Waals surface area contributed by atoms with Crippen LogP contribution in [0.3, 0.4) is 0 Å². The summed E-state index contributed by atoms with van der Waals surface area (Å²) in [5, 5.41) is 6.47. The number of nitrogens with two attached hydrogens (primary N) is 1. The number of hydrogen-bond donors (Lipinski definition) is 3. The third kappa shape index (κ3) is 7.23. The Hall–Kier alpha value is -3.56. The van der Waals surface area contributed by atoms with Gasteiger partial charge in [-0.2, -0.15) is 5.10 Å². The van der Waals surface area contributed by atoms with Crippen molar-refractivity contribution in [1.29, 1.82) is 0 Å². The van der Waals surface area contributed by atoms with E-state index in [9.17, 15) is 13.2 Å². The van der Waals surface area contributed by atoms with Crippen LogP contribution in [-0.4, -0.2) is 33.7 Å². The molecule has 0 heterocycles. The van der Waals surface area contributed by atoms with Gasteiger partial charge in [0.2, 0.25) is 0 Å². The van der Waals surface area contributed by atoms with E-state index in [0.717, 1.165) is 16.7 Å². The zero-order valence-electron chi connectivity index (χ0n) is 18.5. The predicted octanol–water partition coefficient (Wildman–Crippen LogP) is 3.48. The summed E-state index contributed by atoms with van der Waals surface area (Å²) in [5.74, 6) is 5.07. The second-order valence-electron chi connectivity index (χ2n) is 7.47. The molecule has 0 aliphatic heterocycles. The molecule has 0 saturated heterocycles. The van der Waals surface area contributed by atoms with E-state index in [1.54, 1.807) is 18.3 Å². The molecule has 10 heteroatoms. The number of carbonyl (C=O) groups excluding carboxylic acids is 1. The van der Waals surface area contributed by atoms with Crippen LogP contribution in [0.25, 0.3) is 0 Å². The highest BCUT2D eigenvalue weighted by Gasteiger charge is 2.20. The van der Waals surface area contributed by atoms with Crippen LogP contribution in [0.5, 0.6) is 5.75 Å². The number of halogens is 1. The van der Waals surface area contributed by atoms with Crippen LogP contribution in [0.1, 0.15) is 16.7 Å². The number of benzene rings is 3. The molecule has 0 aliphatic rings. The van der Waals surface area contributed by atoms with Gasteiger partial charge in [-0.25, -0.2) is 13.1 Å². The van der Waals surface area contributed by atoms with E-state index in [-0.39, 0.29) is 16.5 Å². The van der Waals surface area contributed by atoms with E-state index in [2.05, 4.69) is 10.4 Å². The summed E-state index contributed by atoms with van der Waals surface area (Å²) in [6, 6.07) is 19.2. The van der Waals surface area contributed by atoms with Crippen LogP contribution in [0, 0.1) is 6.92 Å². The third-order valence-electron chi connectivity index (χ3n) is 4.74. The summed E-state index contributed by atoms with van der Waals surface area (Å²) < 4.78 is 32.7. The highest BCUT2D eigenvalue weighted by Crippen LogP contribution is 2.22. The van der Waals surface area contributed by atoms with Gasteiger partial charge in [-0.3, -0.25) is 4.79 Å². The fourth-order valence-corrected chi connectivity index (χ4v) is 4.67. The highest BCUT2D eigenvalue weighted by atomic mass is 35.5. The summed E-state index contributed by atoms with van der Waals surface area (Å²) >= 11 is 5.93. The monoisotopic (exact) mass is 500 g/mol. The molecule has 0 unspecified atom stereocenters. The van der Waals surface area contributed by atoms with E-state index in [0.29, 0.717) is 24.5 Å². The molecule has 4 N–H and O–H groups in total. The van der Waals surface area contributed by atoms with Gasteiger partial charge in [0.15, 0.2) is 0 Å². The van der Waals surface area contributed by atoms with Gasteiger partial charge in [-0.1, -0.05) is 48.0 Å². The highest BCUT2D eigenvalue weighted by molar-refractivity contribution is 7.90. The largest absolute Gasteiger partial charge is 0.493 e. The lowest BCUT2D eigenvalue weighted by molar-refractivity contribution is -0.117. The number of carbonyl (C=O) groups is 1. The van der Waals surface area contributed by atoms with Crippen LogP contribution < -0.4 is 20.6 Å². The first-order valence-electron chi connectivity index (χ1n) is 10.4. The number of anilines is 1. The Labute approximate surface area is 203 Å². The van der Waals surface area contributed by atoms with Gasteiger partial charge in [0.05, 0.1) is 24.4 Å². The second-order valence-corrected chi connectivity index (χ2v) is 9.52. The van der Waals surface area contributed by atoms with Crippen molar-refractivity contribution >= 4 is 39.4 Å². The van der Waals surface area contributed by atoms with Gasteiger partial charge in [0.25, 0.3) is 15.9 Å². The molecule has 0 bridgehead atoms. The maximum absolute atomic E-state index is 12.4. The number of aryl methyl sites for hydroxylation is 1. The first kappa shape index (κ1) is 25.1. The zero-order chi connectivity index (χ0) is 24.6. The number of nitrogens with one attached hydrogen (secondary N) is 2. The van der Waals surface area contributed by atoms with Gasteiger partial charge in [-0.15, -0.1) is 0 Å². The number of amides is 1. The second kappa shape index (κ2) is 11.5. The Morgan fingerprint density at radius 3 is 2.56 bits per heavy atom. The van der Waals surface area contributed by atoms with E-state index in [1.807, 2.05) is 48.0 Å². The fraction of sp³-hybridized carbons (Fsp3) is 0.167. The summed E-state index contributed by atoms with van der Waals surface area (Å²) in [5.41, 5.74) is 3.59. The van der Waals surface area contributed by atoms with Gasteiger partial charge in [-0.05, 0) is 47.9 Å². The van der Waals surface area contributed by atoms with Crippen LogP contribution in [0.2, 0.25) is 5.02 Å². The number of rotatable bonds is 10. The van der Waals surface area contributed by atoms with Crippen molar-refractivity contribution in [3.8, 4) is 5.75 Å². The molecule has 0 saturated carbocycles. The molecule has 3 aromatic carbocycles. The summed E-state index contributed by atoms with van der Waals surface area (Å²) in [4.78, 5) is 12.1. The average molecular weight is 501 g/mol. The fourth-order valence-electron chi connectivity index (χ4n) is 3.16. The first-order chi connectivity index (χ1) is 16.3. The maximum Gasteiger partial charge on any atom is 0.265 e. The minimum absolute atomic E-state index is 0.0385. The Bertz CT molecular complexity index is 1280. The van der Waals surface area contributed by atoms with Gasteiger partial charge in [0, 0.05) is 18.2 Å². The molecule has 0 atom stereocenters. The van der Waals surface area contributed by atoms with Crippen molar-refractivity contribution < 1.29 is 17.9 Å². The lowest BCUT2D eigenvalue weighted by atomic mass is 10.1. The molecule has 0 aliphatic carbocycles. The van der Waals surface area contributed by atoms with Crippen LogP contribution in [0.4, 0.5) is 5.69 Å². The topological polar surface area (TPSA) is 123 Å².